The fraction of sp³-hybridized carbons (Fsp3) is 0.280. The van der Waals surface area contributed by atoms with Crippen molar-refractivity contribution < 1.29 is 27.4 Å². The molecule has 3 aromatic rings. The number of halogens is 1. The Morgan fingerprint density at radius 2 is 1.76 bits per heavy atom. The van der Waals surface area contributed by atoms with Gasteiger partial charge in [-0.15, -0.1) is 0 Å². The molecule has 7 nitrogen and oxygen atoms in total. The van der Waals surface area contributed by atoms with Crippen LogP contribution in [0.4, 0.5) is 10.1 Å². The van der Waals surface area contributed by atoms with E-state index in [1.54, 1.807) is 12.1 Å². The minimum Gasteiger partial charge on any atom is -0.454 e. The van der Waals surface area contributed by atoms with E-state index in [0.29, 0.717) is 23.7 Å². The first-order chi connectivity index (χ1) is 16.5. The molecule has 3 atom stereocenters. The van der Waals surface area contributed by atoms with Crippen LogP contribution in [0.1, 0.15) is 17.0 Å². The molecule has 3 aromatic carbocycles. The van der Waals surface area contributed by atoms with Crippen LogP contribution in [0.2, 0.25) is 0 Å². The van der Waals surface area contributed by atoms with E-state index in [9.17, 15) is 17.9 Å². The van der Waals surface area contributed by atoms with Crippen molar-refractivity contribution in [3.63, 3.8) is 0 Å². The van der Waals surface area contributed by atoms with Crippen LogP contribution in [0, 0.1) is 5.82 Å². The third kappa shape index (κ3) is 3.19. The Balaban J connectivity index is 1.37. The third-order valence-corrected chi connectivity index (χ3v) is 8.81. The summed E-state index contributed by atoms with van der Waals surface area (Å²) in [6.07, 6.45) is 0. The summed E-state index contributed by atoms with van der Waals surface area (Å²) in [6, 6.07) is 18.1. The summed E-state index contributed by atoms with van der Waals surface area (Å²) >= 11 is 0. The molecule has 0 aliphatic carbocycles. The molecule has 0 unspecified atom stereocenters. The van der Waals surface area contributed by atoms with Crippen LogP contribution in [0.3, 0.4) is 0 Å². The minimum atomic E-state index is -4.12. The Labute approximate surface area is 197 Å². The quantitative estimate of drug-likeness (QED) is 0.602. The van der Waals surface area contributed by atoms with Crippen molar-refractivity contribution in [1.82, 2.24) is 4.90 Å². The number of anilines is 1. The van der Waals surface area contributed by atoms with Gasteiger partial charge in [0.2, 0.25) is 6.79 Å². The minimum absolute atomic E-state index is 0.0257. The van der Waals surface area contributed by atoms with Crippen molar-refractivity contribution in [2.45, 2.75) is 29.4 Å². The SMILES string of the molecule is O=S(=O)(c1ccccc1F)N1C[C@H]2[C@@H](c3ccccc31)[C@@H](CO)N2Cc1ccc2c(c1)OCO2. The van der Waals surface area contributed by atoms with E-state index in [1.807, 2.05) is 30.3 Å². The lowest BCUT2D eigenvalue weighted by Gasteiger charge is -2.59. The molecule has 6 rings (SSSR count). The normalized spacial score (nSPS) is 23.2. The first-order valence-corrected chi connectivity index (χ1v) is 12.5. The number of hydrogen-bond donors (Lipinski definition) is 1. The molecule has 0 saturated carbocycles. The zero-order valence-corrected chi connectivity index (χ0v) is 19.0. The second-order valence-corrected chi connectivity index (χ2v) is 10.6. The first kappa shape index (κ1) is 21.4. The summed E-state index contributed by atoms with van der Waals surface area (Å²) < 4.78 is 53.9. The van der Waals surface area contributed by atoms with E-state index in [2.05, 4.69) is 4.90 Å². The molecule has 0 aromatic heterocycles. The number of benzene rings is 3. The highest BCUT2D eigenvalue weighted by molar-refractivity contribution is 7.92. The smallest absolute Gasteiger partial charge is 0.267 e. The van der Waals surface area contributed by atoms with E-state index in [1.165, 1.54) is 22.5 Å². The van der Waals surface area contributed by atoms with E-state index < -0.39 is 15.8 Å². The predicted octanol–water partition coefficient (Wildman–Crippen LogP) is 3.09. The zero-order chi connectivity index (χ0) is 23.4. The number of hydrogen-bond acceptors (Lipinski definition) is 6. The van der Waals surface area contributed by atoms with Gasteiger partial charge in [0.15, 0.2) is 11.5 Å². The Morgan fingerprint density at radius 3 is 2.59 bits per heavy atom. The monoisotopic (exact) mass is 482 g/mol. The van der Waals surface area contributed by atoms with Gasteiger partial charge in [-0.3, -0.25) is 9.21 Å². The largest absolute Gasteiger partial charge is 0.454 e. The lowest BCUT2D eigenvalue weighted by atomic mass is 9.72. The number of fused-ring (bicyclic) bond motifs is 4. The van der Waals surface area contributed by atoms with Crippen LogP contribution >= 0.6 is 0 Å². The molecule has 0 radical (unpaired) electrons. The van der Waals surface area contributed by atoms with Gasteiger partial charge in [0.25, 0.3) is 10.0 Å². The van der Waals surface area contributed by atoms with Crippen LogP contribution in [0.15, 0.2) is 71.6 Å². The van der Waals surface area contributed by atoms with Crippen molar-refractivity contribution >= 4 is 15.7 Å². The molecular weight excluding hydrogens is 459 g/mol. The second-order valence-electron chi connectivity index (χ2n) is 8.73. The summed E-state index contributed by atoms with van der Waals surface area (Å²) in [5.41, 5.74) is 2.36. The van der Waals surface area contributed by atoms with Gasteiger partial charge in [0.05, 0.1) is 18.8 Å². The van der Waals surface area contributed by atoms with E-state index >= 15 is 0 Å². The second kappa shape index (κ2) is 7.97. The number of likely N-dealkylation sites (tertiary alicyclic amines) is 1. The molecule has 3 aliphatic heterocycles. The van der Waals surface area contributed by atoms with Crippen molar-refractivity contribution in [3.8, 4) is 11.5 Å². The van der Waals surface area contributed by atoms with Gasteiger partial charge in [0, 0.05) is 24.5 Å². The number of ether oxygens (including phenoxy) is 2. The molecule has 0 bridgehead atoms. The van der Waals surface area contributed by atoms with Crippen molar-refractivity contribution in [3.05, 3.63) is 83.7 Å². The van der Waals surface area contributed by atoms with Crippen LogP contribution in [-0.2, 0) is 16.6 Å². The highest BCUT2D eigenvalue weighted by Gasteiger charge is 2.54. The number of rotatable bonds is 5. The van der Waals surface area contributed by atoms with Crippen LogP contribution in [-0.4, -0.2) is 50.5 Å². The van der Waals surface area contributed by atoms with E-state index in [0.717, 1.165) is 17.2 Å². The average Bonchev–Trinajstić information content (AvgIpc) is 3.30. The van der Waals surface area contributed by atoms with Crippen LogP contribution in [0.5, 0.6) is 11.5 Å². The predicted molar refractivity (Wildman–Crippen MR) is 123 cm³/mol. The molecule has 3 aliphatic rings. The van der Waals surface area contributed by atoms with Crippen molar-refractivity contribution in [2.75, 3.05) is 24.2 Å². The molecule has 1 fully saturated rings. The molecular formula is C25H23FN2O5S. The van der Waals surface area contributed by atoms with Gasteiger partial charge in [-0.05, 0) is 41.5 Å². The summed E-state index contributed by atoms with van der Waals surface area (Å²) in [5.74, 6) is 0.564. The molecule has 34 heavy (non-hydrogen) atoms. The van der Waals surface area contributed by atoms with Gasteiger partial charge in [-0.25, -0.2) is 12.8 Å². The van der Waals surface area contributed by atoms with E-state index in [-0.39, 0.29) is 42.8 Å². The first-order valence-electron chi connectivity index (χ1n) is 11.1. The molecule has 0 spiro atoms. The molecule has 176 valence electrons. The van der Waals surface area contributed by atoms with E-state index in [4.69, 9.17) is 9.47 Å². The topological polar surface area (TPSA) is 79.3 Å². The maximum Gasteiger partial charge on any atom is 0.267 e. The summed E-state index contributed by atoms with van der Waals surface area (Å²) in [5, 5.41) is 10.2. The average molecular weight is 483 g/mol. The summed E-state index contributed by atoms with van der Waals surface area (Å²) in [6.45, 7) is 0.810. The van der Waals surface area contributed by atoms with Crippen LogP contribution < -0.4 is 13.8 Å². The molecule has 1 N–H and O–H groups in total. The number of aliphatic hydroxyl groups is 1. The molecule has 9 heteroatoms. The Bertz CT molecular complexity index is 1360. The third-order valence-electron chi connectivity index (χ3n) is 6.99. The fourth-order valence-corrected chi connectivity index (χ4v) is 6.99. The number of para-hydroxylation sites is 1. The van der Waals surface area contributed by atoms with Crippen molar-refractivity contribution in [1.29, 1.82) is 0 Å². The Hall–Kier alpha value is -3.14. The highest BCUT2D eigenvalue weighted by atomic mass is 32.2. The van der Waals surface area contributed by atoms with Crippen molar-refractivity contribution in [2.24, 2.45) is 0 Å². The zero-order valence-electron chi connectivity index (χ0n) is 18.2. The summed E-state index contributed by atoms with van der Waals surface area (Å²) in [7, 11) is -4.12. The lowest BCUT2D eigenvalue weighted by molar-refractivity contribution is -0.0477. The Morgan fingerprint density at radius 1 is 1.00 bits per heavy atom. The van der Waals surface area contributed by atoms with Gasteiger partial charge >= 0.3 is 0 Å². The van der Waals surface area contributed by atoms with Crippen LogP contribution in [0.25, 0.3) is 0 Å². The van der Waals surface area contributed by atoms with Gasteiger partial charge in [-0.1, -0.05) is 36.4 Å². The maximum absolute atomic E-state index is 14.5. The fourth-order valence-electron chi connectivity index (χ4n) is 5.41. The van der Waals surface area contributed by atoms with Gasteiger partial charge in [-0.2, -0.15) is 0 Å². The number of nitrogens with zero attached hydrogens (tertiary/aromatic N) is 2. The summed E-state index contributed by atoms with van der Waals surface area (Å²) in [4.78, 5) is 1.77. The van der Waals surface area contributed by atoms with Gasteiger partial charge in [0.1, 0.15) is 10.7 Å². The molecule has 0 amide bonds. The standard InChI is InChI=1S/C25H23FN2O5S/c26-18-6-2-4-8-24(18)34(30,31)28-13-20-25(17-5-1-3-7-19(17)28)21(14-29)27(20)12-16-9-10-22-23(11-16)33-15-32-22/h1-11,20-21,25,29H,12-15H2/t20-,21+,25+/m0/s1. The number of aliphatic hydroxyl groups excluding tert-OH is 1. The number of sulfonamides is 1. The molecule has 3 heterocycles. The Kier molecular flexibility index (Phi) is 5.02. The van der Waals surface area contributed by atoms with Gasteiger partial charge < -0.3 is 14.6 Å². The highest BCUT2D eigenvalue weighted by Crippen LogP contribution is 2.50. The molecule has 1 saturated heterocycles. The lowest BCUT2D eigenvalue weighted by Crippen LogP contribution is -2.68. The maximum atomic E-state index is 14.5.